The third-order valence-electron chi connectivity index (χ3n) is 2.91. The Hall–Kier alpha value is -2.43. The van der Waals surface area contributed by atoms with Crippen molar-refractivity contribution < 1.29 is 14.3 Å². The Labute approximate surface area is 116 Å². The highest BCUT2D eigenvalue weighted by molar-refractivity contribution is 5.93. The molecule has 1 aromatic carbocycles. The molecule has 2 N–H and O–H groups in total. The minimum absolute atomic E-state index is 0.148. The first-order chi connectivity index (χ1) is 9.56. The maximum absolute atomic E-state index is 12.8. The van der Waals surface area contributed by atoms with E-state index < -0.39 is 5.97 Å². The number of halogens is 1. The van der Waals surface area contributed by atoms with Crippen LogP contribution in [0.15, 0.2) is 36.5 Å². The van der Waals surface area contributed by atoms with Crippen molar-refractivity contribution in [3.8, 4) is 0 Å². The molecule has 0 fully saturated rings. The molecule has 0 atom stereocenters. The number of nitrogens with one attached hydrogen (secondary N) is 1. The maximum Gasteiger partial charge on any atom is 0.339 e. The van der Waals surface area contributed by atoms with Crippen molar-refractivity contribution in [3.05, 3.63) is 59.2 Å². The quantitative estimate of drug-likeness (QED) is 0.880. The number of hydrogen-bond donors (Lipinski definition) is 2. The first kappa shape index (κ1) is 14.0. The van der Waals surface area contributed by atoms with Gasteiger partial charge in [-0.2, -0.15) is 0 Å². The molecule has 104 valence electrons. The Morgan fingerprint density at radius 2 is 2.05 bits per heavy atom. The summed E-state index contributed by atoms with van der Waals surface area (Å²) in [5.41, 5.74) is 2.43. The molecule has 0 unspecified atom stereocenters. The van der Waals surface area contributed by atoms with Gasteiger partial charge in [-0.05, 0) is 37.1 Å². The molecule has 0 saturated carbocycles. The van der Waals surface area contributed by atoms with E-state index in [-0.39, 0.29) is 11.4 Å². The second-order valence-electron chi connectivity index (χ2n) is 4.48. The van der Waals surface area contributed by atoms with Crippen LogP contribution in [0.4, 0.5) is 10.1 Å². The summed E-state index contributed by atoms with van der Waals surface area (Å²) in [4.78, 5) is 15.1. The van der Waals surface area contributed by atoms with E-state index in [0.29, 0.717) is 18.7 Å². The number of benzene rings is 1. The molecular formula is C15H15FN2O2. The predicted octanol–water partition coefficient (Wildman–Crippen LogP) is 2.88. The number of hydrogen-bond acceptors (Lipinski definition) is 3. The summed E-state index contributed by atoms with van der Waals surface area (Å²) in [7, 11) is 0. The lowest BCUT2D eigenvalue weighted by molar-refractivity contribution is 0.0697. The number of pyridine rings is 1. The van der Waals surface area contributed by atoms with Crippen LogP contribution in [0.2, 0.25) is 0 Å². The van der Waals surface area contributed by atoms with Gasteiger partial charge < -0.3 is 10.4 Å². The lowest BCUT2D eigenvalue weighted by Crippen LogP contribution is -2.10. The Bertz CT molecular complexity index is 612. The molecule has 1 heterocycles. The number of carboxylic acid groups (broad SMARTS) is 1. The van der Waals surface area contributed by atoms with Gasteiger partial charge in [0.2, 0.25) is 0 Å². The van der Waals surface area contributed by atoms with Crippen LogP contribution >= 0.6 is 0 Å². The standard InChI is InChI=1S/C15H15FN2O2/c1-10-8-14(13(9-18-10)15(19)20)17-7-6-11-2-4-12(16)5-3-11/h2-5,8-9H,6-7H2,1H3,(H,17,18)(H,19,20). The van der Waals surface area contributed by atoms with Gasteiger partial charge in [-0.1, -0.05) is 12.1 Å². The highest BCUT2D eigenvalue weighted by Crippen LogP contribution is 2.16. The van der Waals surface area contributed by atoms with Crippen molar-refractivity contribution in [3.63, 3.8) is 0 Å². The zero-order valence-corrected chi connectivity index (χ0v) is 11.1. The van der Waals surface area contributed by atoms with Gasteiger partial charge in [0.15, 0.2) is 0 Å². The number of aryl methyl sites for hydroxylation is 1. The fraction of sp³-hybridized carbons (Fsp3) is 0.200. The SMILES string of the molecule is Cc1cc(NCCc2ccc(F)cc2)c(C(=O)O)cn1. The lowest BCUT2D eigenvalue weighted by Gasteiger charge is -2.10. The highest BCUT2D eigenvalue weighted by atomic mass is 19.1. The second-order valence-corrected chi connectivity index (χ2v) is 4.48. The number of carbonyl (C=O) groups is 1. The van der Waals surface area contributed by atoms with Crippen molar-refractivity contribution in [2.75, 3.05) is 11.9 Å². The summed E-state index contributed by atoms with van der Waals surface area (Å²) < 4.78 is 12.8. The van der Waals surface area contributed by atoms with Crippen molar-refractivity contribution in [1.29, 1.82) is 0 Å². The first-order valence-corrected chi connectivity index (χ1v) is 6.24. The molecule has 0 radical (unpaired) electrons. The van der Waals surface area contributed by atoms with Crippen molar-refractivity contribution >= 4 is 11.7 Å². The normalized spacial score (nSPS) is 10.3. The minimum Gasteiger partial charge on any atom is -0.478 e. The average molecular weight is 274 g/mol. The van der Waals surface area contributed by atoms with Crippen molar-refractivity contribution in [1.82, 2.24) is 4.98 Å². The van der Waals surface area contributed by atoms with Crippen LogP contribution in [0.3, 0.4) is 0 Å². The Morgan fingerprint density at radius 3 is 2.70 bits per heavy atom. The van der Waals surface area contributed by atoms with Crippen molar-refractivity contribution in [2.24, 2.45) is 0 Å². The molecule has 1 aromatic heterocycles. The summed E-state index contributed by atoms with van der Waals surface area (Å²) in [5.74, 6) is -1.28. The highest BCUT2D eigenvalue weighted by Gasteiger charge is 2.10. The van der Waals surface area contributed by atoms with Gasteiger partial charge in [0.25, 0.3) is 0 Å². The molecular weight excluding hydrogens is 259 g/mol. The fourth-order valence-corrected chi connectivity index (χ4v) is 1.87. The summed E-state index contributed by atoms with van der Waals surface area (Å²) in [6, 6.07) is 7.96. The van der Waals surface area contributed by atoms with Crippen LogP contribution in [0.5, 0.6) is 0 Å². The molecule has 5 heteroatoms. The first-order valence-electron chi connectivity index (χ1n) is 6.24. The number of anilines is 1. The van der Waals surface area contributed by atoms with E-state index >= 15 is 0 Å². The Kier molecular flexibility index (Phi) is 4.30. The van der Waals surface area contributed by atoms with Gasteiger partial charge in [-0.25, -0.2) is 9.18 Å². The van der Waals surface area contributed by atoms with Crippen LogP contribution in [0.1, 0.15) is 21.6 Å². The smallest absolute Gasteiger partial charge is 0.339 e. The van der Waals surface area contributed by atoms with Crippen LogP contribution in [-0.4, -0.2) is 22.6 Å². The fourth-order valence-electron chi connectivity index (χ4n) is 1.87. The van der Waals surface area contributed by atoms with Crippen molar-refractivity contribution in [2.45, 2.75) is 13.3 Å². The van der Waals surface area contributed by atoms with E-state index in [0.717, 1.165) is 11.3 Å². The molecule has 4 nitrogen and oxygen atoms in total. The minimum atomic E-state index is -1.01. The second kappa shape index (κ2) is 6.14. The molecule has 2 aromatic rings. The van der Waals surface area contributed by atoms with Gasteiger partial charge in [0, 0.05) is 18.4 Å². The van der Waals surface area contributed by atoms with E-state index in [4.69, 9.17) is 5.11 Å². The van der Waals surface area contributed by atoms with Crippen LogP contribution in [-0.2, 0) is 6.42 Å². The summed E-state index contributed by atoms with van der Waals surface area (Å²) in [5, 5.41) is 12.2. The molecule has 0 amide bonds. The van der Waals surface area contributed by atoms with Gasteiger partial charge >= 0.3 is 5.97 Å². The topological polar surface area (TPSA) is 62.2 Å². The van der Waals surface area contributed by atoms with Crippen LogP contribution in [0.25, 0.3) is 0 Å². The van der Waals surface area contributed by atoms with Gasteiger partial charge in [-0.15, -0.1) is 0 Å². The average Bonchev–Trinajstić information content (AvgIpc) is 2.41. The Morgan fingerprint density at radius 1 is 1.35 bits per heavy atom. The summed E-state index contributed by atoms with van der Waals surface area (Å²) >= 11 is 0. The van der Waals surface area contributed by atoms with Crippen LogP contribution < -0.4 is 5.32 Å². The number of rotatable bonds is 5. The number of aromatic carboxylic acids is 1. The summed E-state index contributed by atoms with van der Waals surface area (Å²) in [6.45, 7) is 2.37. The number of nitrogens with zero attached hydrogens (tertiary/aromatic N) is 1. The molecule has 0 spiro atoms. The van der Waals surface area contributed by atoms with E-state index in [1.54, 1.807) is 25.1 Å². The third-order valence-corrected chi connectivity index (χ3v) is 2.91. The molecule has 20 heavy (non-hydrogen) atoms. The van der Waals surface area contributed by atoms with E-state index in [9.17, 15) is 9.18 Å². The van der Waals surface area contributed by atoms with Gasteiger partial charge in [-0.3, -0.25) is 4.98 Å². The van der Waals surface area contributed by atoms with Crippen LogP contribution in [0, 0.1) is 12.7 Å². The van der Waals surface area contributed by atoms with Gasteiger partial charge in [0.05, 0.1) is 5.69 Å². The Balaban J connectivity index is 2.02. The monoisotopic (exact) mass is 274 g/mol. The predicted molar refractivity (Wildman–Crippen MR) is 74.5 cm³/mol. The molecule has 0 bridgehead atoms. The van der Waals surface area contributed by atoms with E-state index in [1.165, 1.54) is 18.3 Å². The number of carboxylic acids is 1. The molecule has 0 aliphatic carbocycles. The summed E-state index contributed by atoms with van der Waals surface area (Å²) in [6.07, 6.45) is 2.03. The third kappa shape index (κ3) is 3.54. The zero-order valence-electron chi connectivity index (χ0n) is 11.1. The maximum atomic E-state index is 12.8. The van der Waals surface area contributed by atoms with E-state index in [1.807, 2.05) is 0 Å². The van der Waals surface area contributed by atoms with Gasteiger partial charge in [0.1, 0.15) is 11.4 Å². The zero-order chi connectivity index (χ0) is 14.5. The van der Waals surface area contributed by atoms with E-state index in [2.05, 4.69) is 10.3 Å². The molecule has 0 aliphatic heterocycles. The number of aromatic nitrogens is 1. The molecule has 2 rings (SSSR count). The molecule has 0 aliphatic rings. The largest absolute Gasteiger partial charge is 0.478 e. The lowest BCUT2D eigenvalue weighted by atomic mass is 10.1. The molecule has 0 saturated heterocycles.